The summed E-state index contributed by atoms with van der Waals surface area (Å²) in [6.07, 6.45) is -0.248. The van der Waals surface area contributed by atoms with Crippen molar-refractivity contribution in [1.29, 1.82) is 0 Å². The third-order valence-corrected chi connectivity index (χ3v) is 6.71. The molecule has 39 heavy (non-hydrogen) atoms. The number of hydrogen-bond donors (Lipinski definition) is 3. The summed E-state index contributed by atoms with van der Waals surface area (Å²) in [6.45, 7) is 4.64. The lowest BCUT2D eigenvalue weighted by Crippen LogP contribution is -2.54. The number of rotatable bonds is 5. The quantitative estimate of drug-likeness (QED) is 0.459. The summed E-state index contributed by atoms with van der Waals surface area (Å²) < 4.78 is 69.5. The van der Waals surface area contributed by atoms with Crippen molar-refractivity contribution in [1.82, 2.24) is 15.2 Å². The zero-order valence-electron chi connectivity index (χ0n) is 20.9. The van der Waals surface area contributed by atoms with Crippen molar-refractivity contribution in [2.24, 2.45) is 17.8 Å². The Morgan fingerprint density at radius 3 is 2.13 bits per heavy atom. The van der Waals surface area contributed by atoms with Gasteiger partial charge in [-0.05, 0) is 43.2 Å². The number of nitrogens with one attached hydrogen (secondary N) is 1. The van der Waals surface area contributed by atoms with Crippen LogP contribution in [0.2, 0.25) is 0 Å². The SMILES string of the molecule is O=C(NCc1cccnc1)[C@@H]1CCO[C@@H]2CCN(CC3CCC3)C[C@@H]21.O=C(O)C(F)(F)F.O=C(O)C(F)(F)F. The van der Waals surface area contributed by atoms with Crippen molar-refractivity contribution in [3.63, 3.8) is 0 Å². The molecule has 0 unspecified atom stereocenters. The standard InChI is InChI=1S/C20H29N3O2.2C2HF3O2/c24-20(22-12-16-5-2-8-21-11-16)17-7-10-25-19-6-9-23(14-18(17)19)13-15-3-1-4-15;2*3-2(4,5)1(6)7/h2,5,8,11,15,17-19H,1,3-4,6-7,9-10,12-14H2,(H,22,24);2*(H,6,7)/t17-,18-,19-;;/m1../s1. The maximum atomic E-state index is 12.8. The second-order valence-electron chi connectivity index (χ2n) is 9.50. The number of carboxylic acids is 2. The summed E-state index contributed by atoms with van der Waals surface area (Å²) in [5.41, 5.74) is 1.05. The van der Waals surface area contributed by atoms with Gasteiger partial charge in [-0.1, -0.05) is 12.5 Å². The first-order valence-electron chi connectivity index (χ1n) is 12.3. The Morgan fingerprint density at radius 1 is 1.03 bits per heavy atom. The molecule has 3 aliphatic rings. The van der Waals surface area contributed by atoms with E-state index in [1.54, 1.807) is 6.20 Å². The first-order valence-corrected chi connectivity index (χ1v) is 12.3. The minimum absolute atomic E-state index is 0.0830. The van der Waals surface area contributed by atoms with Gasteiger partial charge in [0.15, 0.2) is 0 Å². The van der Waals surface area contributed by atoms with Crippen LogP contribution in [0, 0.1) is 17.8 Å². The zero-order valence-corrected chi connectivity index (χ0v) is 20.9. The highest BCUT2D eigenvalue weighted by Gasteiger charge is 2.42. The number of alkyl halides is 6. The van der Waals surface area contributed by atoms with E-state index in [2.05, 4.69) is 15.2 Å². The first-order chi connectivity index (χ1) is 18.2. The van der Waals surface area contributed by atoms with Gasteiger partial charge >= 0.3 is 24.3 Å². The topological polar surface area (TPSA) is 129 Å². The van der Waals surface area contributed by atoms with Gasteiger partial charge in [-0.3, -0.25) is 9.78 Å². The van der Waals surface area contributed by atoms with E-state index in [1.807, 2.05) is 18.3 Å². The number of likely N-dealkylation sites (tertiary alicyclic amines) is 1. The number of aromatic nitrogens is 1. The van der Waals surface area contributed by atoms with E-state index in [-0.39, 0.29) is 17.9 Å². The molecule has 4 rings (SSSR count). The molecule has 0 aromatic carbocycles. The van der Waals surface area contributed by atoms with E-state index in [9.17, 15) is 31.1 Å². The van der Waals surface area contributed by atoms with Crippen molar-refractivity contribution in [2.45, 2.75) is 57.1 Å². The predicted octanol–water partition coefficient (Wildman–Crippen LogP) is 3.49. The Balaban J connectivity index is 0.000000317. The van der Waals surface area contributed by atoms with Gasteiger partial charge in [0, 0.05) is 57.0 Å². The fourth-order valence-electron chi connectivity index (χ4n) is 4.54. The van der Waals surface area contributed by atoms with Crippen LogP contribution in [0.5, 0.6) is 0 Å². The lowest BCUT2D eigenvalue weighted by atomic mass is 9.78. The van der Waals surface area contributed by atoms with Crippen molar-refractivity contribution >= 4 is 17.8 Å². The number of amides is 1. The van der Waals surface area contributed by atoms with Gasteiger partial charge in [-0.25, -0.2) is 9.59 Å². The van der Waals surface area contributed by atoms with Crippen molar-refractivity contribution < 1.29 is 55.7 Å². The Hall–Kier alpha value is -2.94. The molecule has 2 saturated heterocycles. The van der Waals surface area contributed by atoms with Crippen LogP contribution in [-0.2, 0) is 25.7 Å². The van der Waals surface area contributed by atoms with Gasteiger partial charge < -0.3 is 25.2 Å². The number of fused-ring (bicyclic) bond motifs is 1. The van der Waals surface area contributed by atoms with Crippen LogP contribution in [0.4, 0.5) is 26.3 Å². The van der Waals surface area contributed by atoms with E-state index in [4.69, 9.17) is 24.5 Å². The van der Waals surface area contributed by atoms with Gasteiger partial charge in [-0.2, -0.15) is 26.3 Å². The summed E-state index contributed by atoms with van der Waals surface area (Å²) in [4.78, 5) is 37.3. The first kappa shape index (κ1) is 32.3. The number of pyridine rings is 1. The molecule has 1 amide bonds. The normalized spacial score (nSPS) is 23.5. The third-order valence-electron chi connectivity index (χ3n) is 6.71. The molecule has 0 bridgehead atoms. The molecular weight excluding hydrogens is 540 g/mol. The average Bonchev–Trinajstić information content (AvgIpc) is 2.84. The van der Waals surface area contributed by atoms with Crippen LogP contribution in [0.25, 0.3) is 0 Å². The second kappa shape index (κ2) is 14.4. The number of piperidine rings is 1. The Kier molecular flexibility index (Phi) is 12.0. The molecule has 15 heteroatoms. The number of carbonyl (C=O) groups is 3. The Bertz CT molecular complexity index is 919. The van der Waals surface area contributed by atoms with Gasteiger partial charge in [0.1, 0.15) is 0 Å². The minimum Gasteiger partial charge on any atom is -0.475 e. The number of hydrogen-bond acceptors (Lipinski definition) is 6. The summed E-state index contributed by atoms with van der Waals surface area (Å²) >= 11 is 0. The molecule has 9 nitrogen and oxygen atoms in total. The number of nitrogens with zero attached hydrogens (tertiary/aromatic N) is 2. The van der Waals surface area contributed by atoms with Gasteiger partial charge in [0.2, 0.25) is 5.91 Å². The molecule has 2 aliphatic heterocycles. The van der Waals surface area contributed by atoms with Crippen LogP contribution in [0.15, 0.2) is 24.5 Å². The number of aliphatic carboxylic acids is 2. The second-order valence-corrected chi connectivity index (χ2v) is 9.50. The molecule has 0 radical (unpaired) electrons. The molecule has 0 spiro atoms. The van der Waals surface area contributed by atoms with Crippen LogP contribution in [0.1, 0.15) is 37.7 Å². The molecule has 1 saturated carbocycles. The fourth-order valence-corrected chi connectivity index (χ4v) is 4.54. The number of carbonyl (C=O) groups excluding carboxylic acids is 1. The Labute approximate surface area is 220 Å². The molecule has 3 fully saturated rings. The monoisotopic (exact) mass is 571 g/mol. The minimum atomic E-state index is -5.08. The fraction of sp³-hybridized carbons (Fsp3) is 0.667. The molecular formula is C24H31F6N3O6. The summed E-state index contributed by atoms with van der Waals surface area (Å²) in [5, 5.41) is 17.4. The van der Waals surface area contributed by atoms with Crippen LogP contribution < -0.4 is 5.32 Å². The van der Waals surface area contributed by atoms with Gasteiger partial charge in [0.25, 0.3) is 0 Å². The number of halogens is 6. The van der Waals surface area contributed by atoms with Crippen LogP contribution in [-0.4, -0.2) is 82.6 Å². The molecule has 3 heterocycles. The van der Waals surface area contributed by atoms with E-state index < -0.39 is 24.3 Å². The van der Waals surface area contributed by atoms with E-state index in [0.29, 0.717) is 12.5 Å². The molecule has 3 N–H and O–H groups in total. The highest BCUT2D eigenvalue weighted by atomic mass is 19.4. The number of ether oxygens (including phenoxy) is 1. The lowest BCUT2D eigenvalue weighted by molar-refractivity contribution is -0.193. The van der Waals surface area contributed by atoms with Crippen molar-refractivity contribution in [3.05, 3.63) is 30.1 Å². The maximum absolute atomic E-state index is 12.8. The third kappa shape index (κ3) is 11.0. The molecule has 220 valence electrons. The highest BCUT2D eigenvalue weighted by Crippen LogP contribution is 2.35. The van der Waals surface area contributed by atoms with Crippen LogP contribution in [0.3, 0.4) is 0 Å². The molecule has 1 aromatic rings. The van der Waals surface area contributed by atoms with Gasteiger partial charge in [-0.15, -0.1) is 0 Å². The maximum Gasteiger partial charge on any atom is 0.490 e. The lowest BCUT2D eigenvalue weighted by Gasteiger charge is -2.46. The largest absolute Gasteiger partial charge is 0.490 e. The number of carboxylic acid groups (broad SMARTS) is 2. The van der Waals surface area contributed by atoms with Crippen molar-refractivity contribution in [2.75, 3.05) is 26.2 Å². The van der Waals surface area contributed by atoms with E-state index in [0.717, 1.165) is 44.0 Å². The molecule has 1 aliphatic carbocycles. The highest BCUT2D eigenvalue weighted by molar-refractivity contribution is 5.79. The zero-order chi connectivity index (χ0) is 29.2. The summed E-state index contributed by atoms with van der Waals surface area (Å²) in [5.74, 6) is -4.01. The smallest absolute Gasteiger partial charge is 0.475 e. The summed E-state index contributed by atoms with van der Waals surface area (Å²) in [7, 11) is 0. The molecule has 3 atom stereocenters. The van der Waals surface area contributed by atoms with Crippen LogP contribution >= 0.6 is 0 Å². The predicted molar refractivity (Wildman–Crippen MR) is 123 cm³/mol. The van der Waals surface area contributed by atoms with Gasteiger partial charge in [0.05, 0.1) is 6.10 Å². The van der Waals surface area contributed by atoms with E-state index in [1.165, 1.54) is 25.8 Å². The average molecular weight is 572 g/mol. The van der Waals surface area contributed by atoms with E-state index >= 15 is 0 Å². The van der Waals surface area contributed by atoms with Crippen molar-refractivity contribution in [3.8, 4) is 0 Å². The summed E-state index contributed by atoms with van der Waals surface area (Å²) in [6, 6.07) is 3.91. The molecule has 1 aromatic heterocycles. The Morgan fingerprint density at radius 2 is 1.64 bits per heavy atom.